The minimum atomic E-state index is -0.0957. The van der Waals surface area contributed by atoms with Gasteiger partial charge in [0, 0.05) is 6.54 Å². The number of carbonyl (C=O) groups is 1. The summed E-state index contributed by atoms with van der Waals surface area (Å²) in [5.74, 6) is -0.0957. The average Bonchev–Trinajstić information content (AvgIpc) is 2.30. The summed E-state index contributed by atoms with van der Waals surface area (Å²) in [4.78, 5) is 11.1. The molecule has 1 rings (SSSR count). The molecule has 0 saturated carbocycles. The zero-order valence-electron chi connectivity index (χ0n) is 12.8. The standard InChI is InChI=1S/C16H26N2O/c1-11-8-13(16(3,4)5)9-12(2)14(11)6-7-18-15(19)10-17/h8-9H,6-7,10,17H2,1-5H3,(H,18,19). The lowest BCUT2D eigenvalue weighted by molar-refractivity contribution is -0.119. The maximum Gasteiger partial charge on any atom is 0.233 e. The van der Waals surface area contributed by atoms with E-state index in [1.165, 1.54) is 22.3 Å². The predicted molar refractivity (Wildman–Crippen MR) is 80.4 cm³/mol. The minimum Gasteiger partial charge on any atom is -0.355 e. The van der Waals surface area contributed by atoms with Crippen molar-refractivity contribution in [1.29, 1.82) is 0 Å². The molecular formula is C16H26N2O. The molecule has 0 fully saturated rings. The third-order valence-corrected chi connectivity index (χ3v) is 3.44. The molecule has 0 bridgehead atoms. The Balaban J connectivity index is 2.83. The van der Waals surface area contributed by atoms with Gasteiger partial charge in [0.15, 0.2) is 0 Å². The van der Waals surface area contributed by atoms with Crippen LogP contribution in [0.25, 0.3) is 0 Å². The highest BCUT2D eigenvalue weighted by Gasteiger charge is 2.16. The Kier molecular flexibility index (Phi) is 5.12. The molecule has 0 aliphatic rings. The van der Waals surface area contributed by atoms with Gasteiger partial charge in [-0.2, -0.15) is 0 Å². The summed E-state index contributed by atoms with van der Waals surface area (Å²) in [6.45, 7) is 11.7. The highest BCUT2D eigenvalue weighted by atomic mass is 16.1. The van der Waals surface area contributed by atoms with Crippen molar-refractivity contribution in [3.63, 3.8) is 0 Å². The van der Waals surface area contributed by atoms with Crippen molar-refractivity contribution in [2.75, 3.05) is 13.1 Å². The van der Waals surface area contributed by atoms with Gasteiger partial charge >= 0.3 is 0 Å². The quantitative estimate of drug-likeness (QED) is 0.874. The smallest absolute Gasteiger partial charge is 0.233 e. The normalized spacial score (nSPS) is 11.5. The molecular weight excluding hydrogens is 236 g/mol. The van der Waals surface area contributed by atoms with Gasteiger partial charge in [-0.05, 0) is 47.9 Å². The summed E-state index contributed by atoms with van der Waals surface area (Å²) >= 11 is 0. The molecule has 106 valence electrons. The first-order chi connectivity index (χ1) is 8.75. The molecule has 0 saturated heterocycles. The van der Waals surface area contributed by atoms with E-state index in [1.54, 1.807) is 0 Å². The molecule has 1 amide bonds. The fourth-order valence-electron chi connectivity index (χ4n) is 2.22. The van der Waals surface area contributed by atoms with Crippen LogP contribution < -0.4 is 11.1 Å². The number of aryl methyl sites for hydroxylation is 2. The molecule has 0 radical (unpaired) electrons. The van der Waals surface area contributed by atoms with E-state index in [1.807, 2.05) is 0 Å². The molecule has 0 atom stereocenters. The Morgan fingerprint density at radius 3 is 2.16 bits per heavy atom. The molecule has 3 nitrogen and oxygen atoms in total. The van der Waals surface area contributed by atoms with Gasteiger partial charge in [-0.3, -0.25) is 4.79 Å². The predicted octanol–water partition coefficient (Wildman–Crippen LogP) is 2.22. The van der Waals surface area contributed by atoms with Crippen molar-refractivity contribution in [3.8, 4) is 0 Å². The zero-order valence-corrected chi connectivity index (χ0v) is 12.8. The second-order valence-electron chi connectivity index (χ2n) is 6.14. The van der Waals surface area contributed by atoms with Crippen molar-refractivity contribution in [2.24, 2.45) is 5.73 Å². The number of rotatable bonds is 4. The second-order valence-corrected chi connectivity index (χ2v) is 6.14. The average molecular weight is 262 g/mol. The molecule has 0 spiro atoms. The summed E-state index contributed by atoms with van der Waals surface area (Å²) < 4.78 is 0. The summed E-state index contributed by atoms with van der Waals surface area (Å²) in [7, 11) is 0. The molecule has 19 heavy (non-hydrogen) atoms. The molecule has 3 heteroatoms. The Labute approximate surface area is 116 Å². The van der Waals surface area contributed by atoms with Crippen molar-refractivity contribution in [2.45, 2.75) is 46.5 Å². The summed E-state index contributed by atoms with van der Waals surface area (Å²) in [5.41, 5.74) is 10.7. The Morgan fingerprint density at radius 1 is 1.21 bits per heavy atom. The Morgan fingerprint density at radius 2 is 1.74 bits per heavy atom. The van der Waals surface area contributed by atoms with Gasteiger partial charge in [0.1, 0.15) is 0 Å². The van der Waals surface area contributed by atoms with E-state index in [0.717, 1.165) is 6.42 Å². The van der Waals surface area contributed by atoms with Crippen molar-refractivity contribution >= 4 is 5.91 Å². The minimum absolute atomic E-state index is 0.0565. The van der Waals surface area contributed by atoms with E-state index in [9.17, 15) is 4.79 Å². The monoisotopic (exact) mass is 262 g/mol. The highest BCUT2D eigenvalue weighted by Crippen LogP contribution is 2.26. The van der Waals surface area contributed by atoms with E-state index in [4.69, 9.17) is 5.73 Å². The van der Waals surface area contributed by atoms with E-state index in [2.05, 4.69) is 52.1 Å². The number of benzene rings is 1. The third-order valence-electron chi connectivity index (χ3n) is 3.44. The second kappa shape index (κ2) is 6.20. The Hall–Kier alpha value is -1.35. The summed E-state index contributed by atoms with van der Waals surface area (Å²) in [6, 6.07) is 4.51. The van der Waals surface area contributed by atoms with Crippen LogP contribution >= 0.6 is 0 Å². The van der Waals surface area contributed by atoms with Gasteiger partial charge in [-0.25, -0.2) is 0 Å². The fraction of sp³-hybridized carbons (Fsp3) is 0.562. The number of hydrogen-bond acceptors (Lipinski definition) is 2. The van der Waals surface area contributed by atoms with Crippen LogP contribution in [0.1, 0.15) is 43.0 Å². The number of hydrogen-bond donors (Lipinski definition) is 2. The van der Waals surface area contributed by atoms with Gasteiger partial charge in [-0.15, -0.1) is 0 Å². The van der Waals surface area contributed by atoms with Crippen LogP contribution in [-0.2, 0) is 16.6 Å². The fourth-order valence-corrected chi connectivity index (χ4v) is 2.22. The van der Waals surface area contributed by atoms with E-state index >= 15 is 0 Å². The lowest BCUT2D eigenvalue weighted by atomic mass is 9.83. The van der Waals surface area contributed by atoms with Gasteiger partial charge in [0.05, 0.1) is 6.54 Å². The maximum atomic E-state index is 11.1. The first kappa shape index (κ1) is 15.7. The number of carbonyl (C=O) groups excluding carboxylic acids is 1. The zero-order chi connectivity index (χ0) is 14.6. The summed E-state index contributed by atoms with van der Waals surface area (Å²) in [5, 5.41) is 2.82. The maximum absolute atomic E-state index is 11.1. The van der Waals surface area contributed by atoms with Crippen LogP contribution in [0.5, 0.6) is 0 Å². The van der Waals surface area contributed by atoms with Crippen molar-refractivity contribution in [3.05, 3.63) is 34.4 Å². The highest BCUT2D eigenvalue weighted by molar-refractivity contribution is 5.77. The molecule has 3 N–H and O–H groups in total. The Bertz CT molecular complexity index is 435. The van der Waals surface area contributed by atoms with E-state index in [0.29, 0.717) is 6.54 Å². The lowest BCUT2D eigenvalue weighted by Gasteiger charge is -2.22. The van der Waals surface area contributed by atoms with Crippen LogP contribution in [-0.4, -0.2) is 19.0 Å². The van der Waals surface area contributed by atoms with Crippen LogP contribution in [0.2, 0.25) is 0 Å². The number of nitrogens with one attached hydrogen (secondary N) is 1. The first-order valence-electron chi connectivity index (χ1n) is 6.83. The topological polar surface area (TPSA) is 55.1 Å². The van der Waals surface area contributed by atoms with Crippen LogP contribution in [0.15, 0.2) is 12.1 Å². The largest absolute Gasteiger partial charge is 0.355 e. The van der Waals surface area contributed by atoms with Crippen LogP contribution in [0.3, 0.4) is 0 Å². The lowest BCUT2D eigenvalue weighted by Crippen LogP contribution is -2.32. The van der Waals surface area contributed by atoms with Crippen LogP contribution in [0, 0.1) is 13.8 Å². The van der Waals surface area contributed by atoms with Crippen molar-refractivity contribution in [1.82, 2.24) is 5.32 Å². The van der Waals surface area contributed by atoms with Crippen LogP contribution in [0.4, 0.5) is 0 Å². The first-order valence-corrected chi connectivity index (χ1v) is 6.83. The number of nitrogens with two attached hydrogens (primary N) is 1. The van der Waals surface area contributed by atoms with Gasteiger partial charge in [0.2, 0.25) is 5.91 Å². The van der Waals surface area contributed by atoms with E-state index in [-0.39, 0.29) is 17.9 Å². The molecule has 0 heterocycles. The number of amides is 1. The van der Waals surface area contributed by atoms with Gasteiger partial charge in [0.25, 0.3) is 0 Å². The molecule has 0 unspecified atom stereocenters. The molecule has 1 aromatic carbocycles. The molecule has 0 aliphatic heterocycles. The third kappa shape index (κ3) is 4.35. The van der Waals surface area contributed by atoms with Gasteiger partial charge < -0.3 is 11.1 Å². The van der Waals surface area contributed by atoms with E-state index < -0.39 is 0 Å². The van der Waals surface area contributed by atoms with Crippen molar-refractivity contribution < 1.29 is 4.79 Å². The summed E-state index contributed by atoms with van der Waals surface area (Å²) in [6.07, 6.45) is 0.855. The SMILES string of the molecule is Cc1cc(C(C)(C)C)cc(C)c1CCNC(=O)CN. The molecule has 0 aromatic heterocycles. The molecule has 1 aromatic rings. The van der Waals surface area contributed by atoms with Gasteiger partial charge in [-0.1, -0.05) is 32.9 Å². The molecule has 0 aliphatic carbocycles.